The van der Waals surface area contributed by atoms with E-state index in [1.165, 1.54) is 12.8 Å². The number of aromatic nitrogens is 5. The number of anilines is 1. The van der Waals surface area contributed by atoms with Gasteiger partial charge in [0.15, 0.2) is 0 Å². The van der Waals surface area contributed by atoms with Crippen LogP contribution in [0.4, 0.5) is 5.82 Å². The predicted molar refractivity (Wildman–Crippen MR) is 93.4 cm³/mol. The average molecular weight is 380 g/mol. The van der Waals surface area contributed by atoms with Crippen LogP contribution < -0.4 is 9.38 Å². The van der Waals surface area contributed by atoms with E-state index in [-0.39, 0.29) is 0 Å². The molecule has 120 valence electrons. The summed E-state index contributed by atoms with van der Waals surface area (Å²) in [6.07, 6.45) is 10.3. The Morgan fingerprint density at radius 3 is 3.00 bits per heavy atom. The van der Waals surface area contributed by atoms with Crippen LogP contribution in [0, 0.1) is 5.92 Å². The van der Waals surface area contributed by atoms with E-state index < -0.39 is 0 Å². The fourth-order valence-corrected chi connectivity index (χ4v) is 3.72. The number of piperidine rings is 1. The van der Waals surface area contributed by atoms with Gasteiger partial charge in [-0.1, -0.05) is 0 Å². The van der Waals surface area contributed by atoms with E-state index in [0.29, 0.717) is 5.92 Å². The van der Waals surface area contributed by atoms with Crippen LogP contribution in [0.5, 0.6) is 0 Å². The van der Waals surface area contributed by atoms with Crippen LogP contribution in [0.1, 0.15) is 18.5 Å². The van der Waals surface area contributed by atoms with Gasteiger partial charge in [-0.15, -0.1) is 0 Å². The summed E-state index contributed by atoms with van der Waals surface area (Å²) in [5.41, 5.74) is 2.82. The van der Waals surface area contributed by atoms with Gasteiger partial charge in [0.1, 0.15) is 0 Å². The molecule has 1 fully saturated rings. The predicted octanol–water partition coefficient (Wildman–Crippen LogP) is 1.07. The van der Waals surface area contributed by atoms with Crippen molar-refractivity contribution >= 4 is 38.2 Å². The molecule has 2 radical (unpaired) electrons. The molecule has 0 aromatic carbocycles. The van der Waals surface area contributed by atoms with Crippen molar-refractivity contribution in [2.75, 3.05) is 18.0 Å². The Morgan fingerprint density at radius 1 is 1.17 bits per heavy atom. The summed E-state index contributed by atoms with van der Waals surface area (Å²) in [5.74, 6) is 1.59. The second-order valence-corrected chi connectivity index (χ2v) is 6.98. The zero-order valence-corrected chi connectivity index (χ0v) is 15.1. The first-order valence-corrected chi connectivity index (χ1v) is 9.04. The van der Waals surface area contributed by atoms with Gasteiger partial charge in [-0.2, -0.15) is 0 Å². The molecular formula is C17H17AsN6. The molecule has 0 N–H and O–H groups in total. The molecule has 1 atom stereocenters. The first-order valence-electron chi connectivity index (χ1n) is 8.10. The third kappa shape index (κ3) is 3.24. The molecule has 4 rings (SSSR count). The molecular weight excluding hydrogens is 363 g/mol. The van der Waals surface area contributed by atoms with Gasteiger partial charge < -0.3 is 0 Å². The molecule has 0 spiro atoms. The van der Waals surface area contributed by atoms with Crippen LogP contribution in [0.3, 0.4) is 0 Å². The van der Waals surface area contributed by atoms with E-state index in [2.05, 4.69) is 47.8 Å². The summed E-state index contributed by atoms with van der Waals surface area (Å²) in [5, 5.41) is 0. The summed E-state index contributed by atoms with van der Waals surface area (Å²) in [6.45, 7) is 2.04. The standard InChI is InChI=1S/C17H17AsN6/c18-17-16-14(21-11-22-17)3-4-15(23-16)24-7-1-2-12(10-24)8-13-9-19-5-6-20-13/h3-6,9,11-12H,1-2,7-8,10H2. The van der Waals surface area contributed by atoms with Crippen molar-refractivity contribution in [3.8, 4) is 0 Å². The monoisotopic (exact) mass is 380 g/mol. The summed E-state index contributed by atoms with van der Waals surface area (Å²) in [7, 11) is 0. The van der Waals surface area contributed by atoms with E-state index in [0.717, 1.165) is 46.5 Å². The van der Waals surface area contributed by atoms with Crippen molar-refractivity contribution in [2.24, 2.45) is 5.92 Å². The maximum absolute atomic E-state index is 4.80. The van der Waals surface area contributed by atoms with Gasteiger partial charge in [-0.3, -0.25) is 0 Å². The zero-order valence-electron chi connectivity index (χ0n) is 13.2. The molecule has 1 aliphatic rings. The molecule has 0 saturated carbocycles. The van der Waals surface area contributed by atoms with Crippen molar-refractivity contribution in [3.63, 3.8) is 0 Å². The van der Waals surface area contributed by atoms with E-state index in [1.807, 2.05) is 12.3 Å². The second kappa shape index (κ2) is 6.81. The Kier molecular flexibility index (Phi) is 4.39. The molecule has 4 heterocycles. The van der Waals surface area contributed by atoms with Crippen LogP contribution in [0.2, 0.25) is 0 Å². The Labute approximate surface area is 149 Å². The fourth-order valence-electron chi connectivity index (χ4n) is 3.26. The molecule has 1 saturated heterocycles. The topological polar surface area (TPSA) is 67.7 Å². The third-order valence-corrected chi connectivity index (χ3v) is 5.09. The summed E-state index contributed by atoms with van der Waals surface area (Å²) in [6, 6.07) is 4.09. The minimum atomic E-state index is 0.580. The Balaban J connectivity index is 1.54. The van der Waals surface area contributed by atoms with Crippen molar-refractivity contribution in [1.29, 1.82) is 0 Å². The van der Waals surface area contributed by atoms with Gasteiger partial charge >= 0.3 is 149 Å². The normalized spacial score (nSPS) is 18.0. The number of rotatable bonds is 3. The van der Waals surface area contributed by atoms with E-state index >= 15 is 0 Å². The van der Waals surface area contributed by atoms with E-state index in [1.54, 1.807) is 18.7 Å². The maximum atomic E-state index is 4.80. The number of nitrogens with zero attached hydrogens (tertiary/aromatic N) is 6. The first-order chi connectivity index (χ1) is 11.8. The van der Waals surface area contributed by atoms with E-state index in [9.17, 15) is 0 Å². The number of hydrogen-bond donors (Lipinski definition) is 0. The molecule has 7 heteroatoms. The molecule has 24 heavy (non-hydrogen) atoms. The number of hydrogen-bond acceptors (Lipinski definition) is 6. The number of pyridine rings is 1. The van der Waals surface area contributed by atoms with Crippen LogP contribution >= 0.6 is 0 Å². The minimum absolute atomic E-state index is 0.580. The number of fused-ring (bicyclic) bond motifs is 1. The van der Waals surface area contributed by atoms with Crippen molar-refractivity contribution in [1.82, 2.24) is 24.9 Å². The molecule has 3 aromatic heterocycles. The van der Waals surface area contributed by atoms with Crippen LogP contribution in [0.15, 0.2) is 37.1 Å². The quantitative estimate of drug-likeness (QED) is 0.634. The molecule has 6 nitrogen and oxygen atoms in total. The SMILES string of the molecule is [As]c1ncnc2ccc(N3CCCC(Cc4cnccn4)C3)nc12. The fraction of sp³-hybridized carbons (Fsp3) is 0.353. The molecule has 1 unspecified atom stereocenters. The molecule has 0 amide bonds. The van der Waals surface area contributed by atoms with Gasteiger partial charge in [0, 0.05) is 0 Å². The zero-order chi connectivity index (χ0) is 16.4. The van der Waals surface area contributed by atoms with Gasteiger partial charge in [0.2, 0.25) is 0 Å². The van der Waals surface area contributed by atoms with Crippen LogP contribution in [0.25, 0.3) is 11.0 Å². The summed E-state index contributed by atoms with van der Waals surface area (Å²) in [4.78, 5) is 24.2. The first kappa shape index (κ1) is 15.5. The average Bonchev–Trinajstić information content (AvgIpc) is 2.63. The van der Waals surface area contributed by atoms with Crippen molar-refractivity contribution < 1.29 is 0 Å². The van der Waals surface area contributed by atoms with Crippen LogP contribution in [-0.2, 0) is 6.42 Å². The van der Waals surface area contributed by atoms with Gasteiger partial charge in [-0.25, -0.2) is 0 Å². The Hall–Kier alpha value is -2.07. The second-order valence-electron chi connectivity index (χ2n) is 6.09. The van der Waals surface area contributed by atoms with E-state index in [4.69, 9.17) is 4.98 Å². The van der Waals surface area contributed by atoms with Gasteiger partial charge in [0.05, 0.1) is 0 Å². The molecule has 1 aliphatic heterocycles. The molecule has 0 aliphatic carbocycles. The van der Waals surface area contributed by atoms with Crippen LogP contribution in [-0.4, -0.2) is 54.9 Å². The Morgan fingerprint density at radius 2 is 2.12 bits per heavy atom. The Bertz CT molecular complexity index is 841. The molecule has 3 aromatic rings. The molecule has 0 bridgehead atoms. The van der Waals surface area contributed by atoms with Gasteiger partial charge in [0.25, 0.3) is 0 Å². The van der Waals surface area contributed by atoms with Gasteiger partial charge in [-0.05, 0) is 0 Å². The third-order valence-electron chi connectivity index (χ3n) is 4.41. The summed E-state index contributed by atoms with van der Waals surface area (Å²) >= 11 is 2.47. The van der Waals surface area contributed by atoms with Crippen molar-refractivity contribution in [3.05, 3.63) is 42.7 Å². The summed E-state index contributed by atoms with van der Waals surface area (Å²) < 4.78 is 0.863. The van der Waals surface area contributed by atoms with Crippen molar-refractivity contribution in [2.45, 2.75) is 19.3 Å².